The number of hydrogen-bond acceptors (Lipinski definition) is 5. The first kappa shape index (κ1) is 21.0. The third-order valence-corrected chi connectivity index (χ3v) is 5.16. The van der Waals surface area contributed by atoms with Crippen molar-refractivity contribution in [1.82, 2.24) is 9.80 Å². The Kier molecular flexibility index (Phi) is 7.41. The predicted octanol–water partition coefficient (Wildman–Crippen LogP) is 3.13. The number of carbonyl (C=O) groups excluding carboxylic acids is 2. The molecule has 2 amide bonds. The lowest BCUT2D eigenvalue weighted by Gasteiger charge is -2.22. The molecule has 3 rings (SSSR count). The van der Waals surface area contributed by atoms with Gasteiger partial charge < -0.3 is 19.3 Å². The van der Waals surface area contributed by atoms with E-state index in [9.17, 15) is 9.59 Å². The normalized spacial score (nSPS) is 14.3. The number of thiol groups is 1. The van der Waals surface area contributed by atoms with Crippen LogP contribution in [0.2, 0.25) is 0 Å². The number of ether oxygens (including phenoxy) is 2. The Morgan fingerprint density at radius 1 is 0.897 bits per heavy atom. The molecule has 0 N–H and O–H groups in total. The molecule has 0 bridgehead atoms. The zero-order chi connectivity index (χ0) is 20.6. The van der Waals surface area contributed by atoms with E-state index in [1.807, 2.05) is 37.3 Å². The molecule has 29 heavy (non-hydrogen) atoms. The van der Waals surface area contributed by atoms with Crippen molar-refractivity contribution in [3.63, 3.8) is 0 Å². The van der Waals surface area contributed by atoms with Crippen LogP contribution in [-0.4, -0.2) is 61.0 Å². The maximum Gasteiger partial charge on any atom is 0.260 e. The standard InChI is InChI=1S/C22H26N2O4S/c1-2-27-17-8-10-18(11-9-17)28-16-21(25)23-12-5-13-24(15-14-23)22(26)19-6-3-4-7-20(19)29/h3-4,6-11,29H,2,5,12-16H2,1H3. The summed E-state index contributed by atoms with van der Waals surface area (Å²) in [5.74, 6) is 1.27. The molecule has 0 aliphatic carbocycles. The average molecular weight is 415 g/mol. The molecule has 1 saturated heterocycles. The van der Waals surface area contributed by atoms with E-state index in [0.717, 1.165) is 12.2 Å². The van der Waals surface area contributed by atoms with Crippen molar-refractivity contribution in [2.45, 2.75) is 18.2 Å². The number of amides is 2. The number of nitrogens with zero attached hydrogens (tertiary/aromatic N) is 2. The summed E-state index contributed by atoms with van der Waals surface area (Å²) >= 11 is 4.38. The Bertz CT molecular complexity index is 841. The Morgan fingerprint density at radius 3 is 2.21 bits per heavy atom. The van der Waals surface area contributed by atoms with E-state index in [0.29, 0.717) is 49.0 Å². The molecule has 0 radical (unpaired) electrons. The highest BCUT2D eigenvalue weighted by Gasteiger charge is 2.23. The van der Waals surface area contributed by atoms with Crippen LogP contribution in [0.15, 0.2) is 53.4 Å². The highest BCUT2D eigenvalue weighted by atomic mass is 32.1. The van der Waals surface area contributed by atoms with Crippen molar-refractivity contribution in [3.8, 4) is 11.5 Å². The topological polar surface area (TPSA) is 59.1 Å². The molecule has 154 valence electrons. The fourth-order valence-electron chi connectivity index (χ4n) is 3.23. The third kappa shape index (κ3) is 5.67. The quantitative estimate of drug-likeness (QED) is 0.738. The first-order valence-corrected chi connectivity index (χ1v) is 10.2. The Hall–Kier alpha value is -2.67. The molecule has 1 heterocycles. The first-order valence-electron chi connectivity index (χ1n) is 9.79. The van der Waals surface area contributed by atoms with Gasteiger partial charge in [-0.05, 0) is 49.7 Å². The van der Waals surface area contributed by atoms with E-state index in [1.54, 1.807) is 28.0 Å². The molecule has 0 aromatic heterocycles. The second-order valence-electron chi connectivity index (χ2n) is 6.74. The summed E-state index contributed by atoms with van der Waals surface area (Å²) in [6, 6.07) is 14.5. The monoisotopic (exact) mass is 414 g/mol. The zero-order valence-corrected chi connectivity index (χ0v) is 17.4. The van der Waals surface area contributed by atoms with Gasteiger partial charge in [-0.15, -0.1) is 12.6 Å². The van der Waals surface area contributed by atoms with Crippen molar-refractivity contribution in [2.75, 3.05) is 39.4 Å². The molecular formula is C22H26N2O4S. The predicted molar refractivity (Wildman–Crippen MR) is 114 cm³/mol. The summed E-state index contributed by atoms with van der Waals surface area (Å²) in [4.78, 5) is 29.5. The summed E-state index contributed by atoms with van der Waals surface area (Å²) in [6.45, 7) is 4.72. The van der Waals surface area contributed by atoms with Crippen LogP contribution < -0.4 is 9.47 Å². The van der Waals surface area contributed by atoms with E-state index in [4.69, 9.17) is 9.47 Å². The number of benzene rings is 2. The Morgan fingerprint density at radius 2 is 1.52 bits per heavy atom. The van der Waals surface area contributed by atoms with Crippen molar-refractivity contribution in [2.24, 2.45) is 0 Å². The van der Waals surface area contributed by atoms with Gasteiger partial charge in [0, 0.05) is 31.1 Å². The van der Waals surface area contributed by atoms with Crippen LogP contribution in [0.3, 0.4) is 0 Å². The lowest BCUT2D eigenvalue weighted by atomic mass is 10.2. The van der Waals surface area contributed by atoms with Crippen LogP contribution >= 0.6 is 12.6 Å². The van der Waals surface area contributed by atoms with Crippen LogP contribution in [0.4, 0.5) is 0 Å². The molecule has 2 aromatic carbocycles. The lowest BCUT2D eigenvalue weighted by molar-refractivity contribution is -0.133. The Balaban J connectivity index is 1.51. The smallest absolute Gasteiger partial charge is 0.260 e. The van der Waals surface area contributed by atoms with Gasteiger partial charge in [0.1, 0.15) is 11.5 Å². The molecule has 1 aliphatic heterocycles. The molecule has 0 saturated carbocycles. The maximum atomic E-state index is 12.8. The van der Waals surface area contributed by atoms with Crippen LogP contribution in [0, 0.1) is 0 Å². The van der Waals surface area contributed by atoms with Gasteiger partial charge in [0.2, 0.25) is 0 Å². The summed E-state index contributed by atoms with van der Waals surface area (Å²) < 4.78 is 11.0. The summed E-state index contributed by atoms with van der Waals surface area (Å²) in [7, 11) is 0. The van der Waals surface area contributed by atoms with Gasteiger partial charge in [-0.1, -0.05) is 12.1 Å². The summed E-state index contributed by atoms with van der Waals surface area (Å²) in [5, 5.41) is 0. The fourth-order valence-corrected chi connectivity index (χ4v) is 3.49. The largest absolute Gasteiger partial charge is 0.494 e. The van der Waals surface area contributed by atoms with Crippen LogP contribution in [0.25, 0.3) is 0 Å². The summed E-state index contributed by atoms with van der Waals surface area (Å²) in [6.07, 6.45) is 0.731. The minimum absolute atomic E-state index is 0.0264. The molecule has 0 unspecified atom stereocenters. The van der Waals surface area contributed by atoms with E-state index in [-0.39, 0.29) is 18.4 Å². The van der Waals surface area contributed by atoms with Gasteiger partial charge in [-0.25, -0.2) is 0 Å². The maximum absolute atomic E-state index is 12.8. The van der Waals surface area contributed by atoms with Gasteiger partial charge in [0.25, 0.3) is 11.8 Å². The molecule has 2 aromatic rings. The minimum Gasteiger partial charge on any atom is -0.494 e. The van der Waals surface area contributed by atoms with Crippen LogP contribution in [0.1, 0.15) is 23.7 Å². The van der Waals surface area contributed by atoms with Gasteiger partial charge >= 0.3 is 0 Å². The average Bonchev–Trinajstić information content (AvgIpc) is 2.99. The van der Waals surface area contributed by atoms with Crippen molar-refractivity contribution in [1.29, 1.82) is 0 Å². The lowest BCUT2D eigenvalue weighted by Crippen LogP contribution is -2.39. The Labute approximate surface area is 176 Å². The zero-order valence-electron chi connectivity index (χ0n) is 16.5. The minimum atomic E-state index is -0.0808. The number of carbonyl (C=O) groups is 2. The van der Waals surface area contributed by atoms with Crippen LogP contribution in [-0.2, 0) is 4.79 Å². The van der Waals surface area contributed by atoms with E-state index < -0.39 is 0 Å². The van der Waals surface area contributed by atoms with E-state index in [1.165, 1.54) is 0 Å². The molecule has 1 aliphatic rings. The highest BCUT2D eigenvalue weighted by molar-refractivity contribution is 7.80. The van der Waals surface area contributed by atoms with Gasteiger partial charge in [0.15, 0.2) is 6.61 Å². The van der Waals surface area contributed by atoms with Gasteiger partial charge in [-0.2, -0.15) is 0 Å². The van der Waals surface area contributed by atoms with Crippen molar-refractivity contribution in [3.05, 3.63) is 54.1 Å². The molecular weight excluding hydrogens is 388 g/mol. The second kappa shape index (κ2) is 10.2. The second-order valence-corrected chi connectivity index (χ2v) is 7.22. The summed E-state index contributed by atoms with van der Waals surface area (Å²) in [5.41, 5.74) is 0.592. The molecule has 1 fully saturated rings. The highest BCUT2D eigenvalue weighted by Crippen LogP contribution is 2.18. The van der Waals surface area contributed by atoms with Crippen LogP contribution in [0.5, 0.6) is 11.5 Å². The third-order valence-electron chi connectivity index (χ3n) is 4.77. The van der Waals surface area contributed by atoms with E-state index >= 15 is 0 Å². The van der Waals surface area contributed by atoms with E-state index in [2.05, 4.69) is 12.6 Å². The molecule has 6 nitrogen and oxygen atoms in total. The first-order chi connectivity index (χ1) is 14.1. The molecule has 7 heteroatoms. The van der Waals surface area contributed by atoms with Gasteiger partial charge in [-0.3, -0.25) is 9.59 Å². The molecule has 0 spiro atoms. The van der Waals surface area contributed by atoms with Gasteiger partial charge in [0.05, 0.1) is 12.2 Å². The van der Waals surface area contributed by atoms with Crippen molar-refractivity contribution < 1.29 is 19.1 Å². The van der Waals surface area contributed by atoms with Crippen molar-refractivity contribution >= 4 is 24.4 Å². The fraction of sp³-hybridized carbons (Fsp3) is 0.364. The number of hydrogen-bond donors (Lipinski definition) is 1. The SMILES string of the molecule is CCOc1ccc(OCC(=O)N2CCCN(C(=O)c3ccccc3S)CC2)cc1. The molecule has 0 atom stereocenters. The number of rotatable bonds is 6.